The Hall–Kier alpha value is -2.82. The van der Waals surface area contributed by atoms with Crippen LogP contribution in [0.1, 0.15) is 31.4 Å². The third-order valence-corrected chi connectivity index (χ3v) is 4.48. The second-order valence-electron chi connectivity index (χ2n) is 6.28. The van der Waals surface area contributed by atoms with Crippen molar-refractivity contribution in [3.63, 3.8) is 0 Å². The van der Waals surface area contributed by atoms with Crippen molar-refractivity contribution in [3.8, 4) is 5.75 Å². The van der Waals surface area contributed by atoms with E-state index in [1.807, 2.05) is 56.3 Å². The van der Waals surface area contributed by atoms with Gasteiger partial charge in [0.25, 0.3) is 0 Å². The minimum Gasteiger partial charge on any atom is -0.494 e. The number of rotatable bonds is 6. The maximum Gasteiger partial charge on any atom is 0.228 e. The quantitative estimate of drug-likeness (QED) is 0.865. The average molecular weight is 352 g/mol. The lowest BCUT2D eigenvalue weighted by atomic mass is 10.0. The molecule has 26 heavy (non-hydrogen) atoms. The van der Waals surface area contributed by atoms with Crippen LogP contribution in [0.15, 0.2) is 42.5 Å². The number of nitrogens with one attached hydrogen (secondary N) is 1. The molecule has 0 saturated heterocycles. The third kappa shape index (κ3) is 4.04. The molecule has 2 amide bonds. The second-order valence-corrected chi connectivity index (χ2v) is 6.28. The summed E-state index contributed by atoms with van der Waals surface area (Å²) in [5.41, 5.74) is 3.76. The first-order chi connectivity index (χ1) is 12.6. The lowest BCUT2D eigenvalue weighted by Crippen LogP contribution is -2.34. The number of nitrogens with zero attached hydrogens (tertiary/aromatic N) is 1. The number of carbonyl (C=O) groups is 2. The number of hydrogen-bond acceptors (Lipinski definition) is 3. The van der Waals surface area contributed by atoms with Gasteiger partial charge in [-0.25, -0.2) is 0 Å². The molecular formula is C21H24N2O3. The van der Waals surface area contributed by atoms with E-state index in [9.17, 15) is 9.59 Å². The highest BCUT2D eigenvalue weighted by molar-refractivity contribution is 5.97. The van der Waals surface area contributed by atoms with Gasteiger partial charge in [-0.1, -0.05) is 12.1 Å². The van der Waals surface area contributed by atoms with Gasteiger partial charge >= 0.3 is 0 Å². The molecule has 0 spiro atoms. The van der Waals surface area contributed by atoms with E-state index in [0.717, 1.165) is 28.3 Å². The Morgan fingerprint density at radius 3 is 2.58 bits per heavy atom. The topological polar surface area (TPSA) is 58.6 Å². The SMILES string of the molecule is CCOc1ccc(CC(=O)Nc2ccc3c(c2)CCC(=O)N3CC)cc1. The molecule has 1 N–H and O–H groups in total. The van der Waals surface area contributed by atoms with Crippen LogP contribution in [0.4, 0.5) is 11.4 Å². The highest BCUT2D eigenvalue weighted by Gasteiger charge is 2.22. The Bertz CT molecular complexity index is 799. The first kappa shape index (κ1) is 18.0. The van der Waals surface area contributed by atoms with Gasteiger partial charge in [-0.05, 0) is 61.7 Å². The van der Waals surface area contributed by atoms with Gasteiger partial charge in [0.05, 0.1) is 13.0 Å². The number of ether oxygens (including phenoxy) is 1. The fourth-order valence-corrected chi connectivity index (χ4v) is 3.25. The van der Waals surface area contributed by atoms with E-state index in [-0.39, 0.29) is 11.8 Å². The zero-order valence-electron chi connectivity index (χ0n) is 15.2. The Labute approximate surface area is 154 Å². The zero-order valence-corrected chi connectivity index (χ0v) is 15.2. The van der Waals surface area contributed by atoms with Crippen LogP contribution in [-0.2, 0) is 22.4 Å². The second kappa shape index (κ2) is 8.04. The molecule has 0 aromatic heterocycles. The molecule has 0 radical (unpaired) electrons. The van der Waals surface area contributed by atoms with E-state index in [1.54, 1.807) is 4.90 Å². The van der Waals surface area contributed by atoms with Gasteiger partial charge in [0.15, 0.2) is 0 Å². The molecular weight excluding hydrogens is 328 g/mol. The lowest BCUT2D eigenvalue weighted by Gasteiger charge is -2.28. The molecule has 0 fully saturated rings. The van der Waals surface area contributed by atoms with Gasteiger partial charge in [-0.15, -0.1) is 0 Å². The van der Waals surface area contributed by atoms with Crippen LogP contribution in [0.5, 0.6) is 5.75 Å². The van der Waals surface area contributed by atoms with Crippen molar-refractivity contribution in [2.75, 3.05) is 23.4 Å². The molecule has 136 valence electrons. The highest BCUT2D eigenvalue weighted by Crippen LogP contribution is 2.30. The van der Waals surface area contributed by atoms with Gasteiger partial charge in [0.2, 0.25) is 11.8 Å². The van der Waals surface area contributed by atoms with E-state index in [4.69, 9.17) is 4.74 Å². The molecule has 0 bridgehead atoms. The van der Waals surface area contributed by atoms with Crippen molar-refractivity contribution in [1.82, 2.24) is 0 Å². The minimum atomic E-state index is -0.0617. The van der Waals surface area contributed by atoms with Gasteiger partial charge in [0.1, 0.15) is 5.75 Å². The van der Waals surface area contributed by atoms with Crippen LogP contribution >= 0.6 is 0 Å². The molecule has 2 aromatic rings. The van der Waals surface area contributed by atoms with Gasteiger partial charge in [0, 0.05) is 24.3 Å². The number of amides is 2. The molecule has 1 aliphatic heterocycles. The van der Waals surface area contributed by atoms with Gasteiger partial charge < -0.3 is 15.0 Å². The van der Waals surface area contributed by atoms with Crippen molar-refractivity contribution in [2.24, 2.45) is 0 Å². The largest absolute Gasteiger partial charge is 0.494 e. The lowest BCUT2D eigenvalue weighted by molar-refractivity contribution is -0.119. The van der Waals surface area contributed by atoms with Crippen molar-refractivity contribution in [1.29, 1.82) is 0 Å². The van der Waals surface area contributed by atoms with Gasteiger partial charge in [-0.3, -0.25) is 9.59 Å². The Balaban J connectivity index is 1.65. The molecule has 1 heterocycles. The van der Waals surface area contributed by atoms with E-state index in [1.165, 1.54) is 0 Å². The highest BCUT2D eigenvalue weighted by atomic mass is 16.5. The van der Waals surface area contributed by atoms with Gasteiger partial charge in [-0.2, -0.15) is 0 Å². The monoisotopic (exact) mass is 352 g/mol. The summed E-state index contributed by atoms with van der Waals surface area (Å²) < 4.78 is 5.41. The Morgan fingerprint density at radius 1 is 1.12 bits per heavy atom. The summed E-state index contributed by atoms with van der Waals surface area (Å²) in [6.07, 6.45) is 1.54. The third-order valence-electron chi connectivity index (χ3n) is 4.48. The van der Waals surface area contributed by atoms with Crippen molar-refractivity contribution >= 4 is 23.2 Å². The van der Waals surface area contributed by atoms with E-state index < -0.39 is 0 Å². The number of hydrogen-bond donors (Lipinski definition) is 1. The van der Waals surface area contributed by atoms with Crippen molar-refractivity contribution in [2.45, 2.75) is 33.1 Å². The van der Waals surface area contributed by atoms with Crippen molar-refractivity contribution in [3.05, 3.63) is 53.6 Å². The number of benzene rings is 2. The average Bonchev–Trinajstić information content (AvgIpc) is 2.63. The number of anilines is 2. The van der Waals surface area contributed by atoms with E-state index in [2.05, 4.69) is 5.32 Å². The molecule has 0 aliphatic carbocycles. The van der Waals surface area contributed by atoms with Crippen LogP contribution in [0.3, 0.4) is 0 Å². The first-order valence-corrected chi connectivity index (χ1v) is 9.05. The standard InChI is InChI=1S/C21H24N2O3/c1-3-23-19-11-8-17(14-16(19)7-12-21(23)25)22-20(24)13-15-5-9-18(10-6-15)26-4-2/h5-6,8-11,14H,3-4,7,12-13H2,1-2H3,(H,22,24). The molecule has 5 nitrogen and oxygen atoms in total. The summed E-state index contributed by atoms with van der Waals surface area (Å²) >= 11 is 0. The zero-order chi connectivity index (χ0) is 18.5. The summed E-state index contributed by atoms with van der Waals surface area (Å²) in [7, 11) is 0. The van der Waals surface area contributed by atoms with Crippen LogP contribution in [0, 0.1) is 0 Å². The molecule has 0 unspecified atom stereocenters. The Kier molecular flexibility index (Phi) is 5.56. The predicted octanol–water partition coefficient (Wildman–Crippen LogP) is 3.57. The molecule has 5 heteroatoms. The number of fused-ring (bicyclic) bond motifs is 1. The molecule has 2 aromatic carbocycles. The van der Waals surface area contributed by atoms with Crippen molar-refractivity contribution < 1.29 is 14.3 Å². The summed E-state index contributed by atoms with van der Waals surface area (Å²) in [5.74, 6) is 0.905. The summed E-state index contributed by atoms with van der Waals surface area (Å²) in [6, 6.07) is 13.3. The van der Waals surface area contributed by atoms with E-state index >= 15 is 0 Å². The first-order valence-electron chi connectivity index (χ1n) is 9.05. The van der Waals surface area contributed by atoms with Crippen LogP contribution in [-0.4, -0.2) is 25.0 Å². The summed E-state index contributed by atoms with van der Waals surface area (Å²) in [4.78, 5) is 26.1. The van der Waals surface area contributed by atoms with Crippen LogP contribution in [0.2, 0.25) is 0 Å². The summed E-state index contributed by atoms with van der Waals surface area (Å²) in [6.45, 7) is 5.20. The molecule has 0 saturated carbocycles. The maximum atomic E-state index is 12.3. The molecule has 3 rings (SSSR count). The minimum absolute atomic E-state index is 0.0617. The maximum absolute atomic E-state index is 12.3. The molecule has 1 aliphatic rings. The van der Waals surface area contributed by atoms with Crippen LogP contribution < -0.4 is 15.0 Å². The normalized spacial score (nSPS) is 13.3. The number of carbonyl (C=O) groups excluding carboxylic acids is 2. The van der Waals surface area contributed by atoms with E-state index in [0.29, 0.717) is 32.4 Å². The Morgan fingerprint density at radius 2 is 1.88 bits per heavy atom. The fraction of sp³-hybridized carbons (Fsp3) is 0.333. The smallest absolute Gasteiger partial charge is 0.228 e. The predicted molar refractivity (Wildman–Crippen MR) is 103 cm³/mol. The fourth-order valence-electron chi connectivity index (χ4n) is 3.25. The molecule has 0 atom stereocenters. The van der Waals surface area contributed by atoms with Crippen LogP contribution in [0.25, 0.3) is 0 Å². The number of aryl methyl sites for hydroxylation is 1. The summed E-state index contributed by atoms with van der Waals surface area (Å²) in [5, 5.41) is 2.95.